The third kappa shape index (κ3) is 5.60. The Morgan fingerprint density at radius 3 is 1.93 bits per heavy atom. The fraction of sp³-hybridized carbons (Fsp3) is 0.0408. The van der Waals surface area contributed by atoms with Gasteiger partial charge in [-0.15, -0.1) is 11.3 Å². The van der Waals surface area contributed by atoms with Gasteiger partial charge in [-0.3, -0.25) is 0 Å². The van der Waals surface area contributed by atoms with Crippen molar-refractivity contribution in [1.82, 2.24) is 24.9 Å². The lowest BCUT2D eigenvalue weighted by Gasteiger charge is -2.17. The molecule has 0 fully saturated rings. The highest BCUT2D eigenvalue weighted by Gasteiger charge is 2.22. The van der Waals surface area contributed by atoms with E-state index in [-0.39, 0.29) is 5.92 Å². The van der Waals surface area contributed by atoms with Gasteiger partial charge in [-0.25, -0.2) is 24.9 Å². The first kappa shape index (κ1) is 32.3. The van der Waals surface area contributed by atoms with Crippen LogP contribution in [0.25, 0.3) is 93.2 Å². The number of nitrogens with zero attached hydrogens (tertiary/aromatic N) is 5. The highest BCUT2D eigenvalue weighted by Crippen LogP contribution is 2.41. The second-order valence-corrected chi connectivity index (χ2v) is 15.0. The van der Waals surface area contributed by atoms with Crippen molar-refractivity contribution in [2.45, 2.75) is 12.3 Å². The zero-order chi connectivity index (χ0) is 37.0. The van der Waals surface area contributed by atoms with Crippen LogP contribution in [-0.4, -0.2) is 24.9 Å². The maximum Gasteiger partial charge on any atom is 0.164 e. The molecule has 0 N–H and O–H groups in total. The Kier molecular flexibility index (Phi) is 7.70. The predicted octanol–water partition coefficient (Wildman–Crippen LogP) is 12.7. The van der Waals surface area contributed by atoms with Gasteiger partial charge in [0.2, 0.25) is 0 Å². The van der Waals surface area contributed by atoms with E-state index in [0.717, 1.165) is 83.5 Å². The van der Waals surface area contributed by atoms with Crippen molar-refractivity contribution in [3.8, 4) is 45.4 Å². The summed E-state index contributed by atoms with van der Waals surface area (Å²) >= 11 is 1.76. The maximum atomic E-state index is 6.44. The molecule has 1 aliphatic carbocycles. The average Bonchev–Trinajstić information content (AvgIpc) is 3.85. The normalized spacial score (nSPS) is 14.2. The molecule has 0 radical (unpaired) electrons. The minimum atomic E-state index is 0.0517. The first-order valence-electron chi connectivity index (χ1n) is 18.7. The summed E-state index contributed by atoms with van der Waals surface area (Å²) in [7, 11) is 0. The van der Waals surface area contributed by atoms with Gasteiger partial charge in [0.05, 0.1) is 15.9 Å². The number of furan rings is 1. The van der Waals surface area contributed by atoms with Crippen LogP contribution in [-0.2, 0) is 0 Å². The monoisotopic (exact) mass is 737 g/mol. The van der Waals surface area contributed by atoms with Gasteiger partial charge in [0.1, 0.15) is 17.0 Å². The van der Waals surface area contributed by atoms with Crippen LogP contribution in [0.2, 0.25) is 0 Å². The lowest BCUT2D eigenvalue weighted by molar-refractivity contribution is 0.669. The van der Waals surface area contributed by atoms with E-state index < -0.39 is 0 Å². The van der Waals surface area contributed by atoms with E-state index in [4.69, 9.17) is 29.3 Å². The standard InChI is InChI=1S/C49H31N5OS/c1-4-13-31(14-5-1)43-45-44(36-19-10-11-22-41(36)56-45)51-46(50-43)34-25-23-30(24-26-34)35-27-28-39-38(29-35)42-37(20-12-21-40(42)55-39)49-53-47(32-15-6-2-7-16-32)52-48(54-49)33-17-8-3-9-18-33/h1-25,27-29,34H,26H2. The number of rotatable bonds is 6. The fourth-order valence-electron chi connectivity index (χ4n) is 7.71. The van der Waals surface area contributed by atoms with Gasteiger partial charge in [0, 0.05) is 49.0 Å². The molecule has 4 heterocycles. The van der Waals surface area contributed by atoms with Gasteiger partial charge in [-0.1, -0.05) is 146 Å². The zero-order valence-corrected chi connectivity index (χ0v) is 30.8. The van der Waals surface area contributed by atoms with Crippen LogP contribution in [0.15, 0.2) is 174 Å². The summed E-state index contributed by atoms with van der Waals surface area (Å²) in [5, 5.41) is 3.16. The maximum absolute atomic E-state index is 6.44. The van der Waals surface area contributed by atoms with Crippen LogP contribution < -0.4 is 0 Å². The van der Waals surface area contributed by atoms with Crippen LogP contribution in [0.3, 0.4) is 0 Å². The number of aromatic nitrogens is 5. The molecular formula is C49H31N5OS. The number of hydrogen-bond donors (Lipinski definition) is 0. The van der Waals surface area contributed by atoms with Crippen molar-refractivity contribution < 1.29 is 4.42 Å². The number of allylic oxidation sites excluding steroid dienone is 4. The predicted molar refractivity (Wildman–Crippen MR) is 228 cm³/mol. The molecule has 1 atom stereocenters. The Hall–Kier alpha value is -7.09. The third-order valence-electron chi connectivity index (χ3n) is 10.5. The molecule has 1 unspecified atom stereocenters. The van der Waals surface area contributed by atoms with E-state index >= 15 is 0 Å². The second-order valence-electron chi connectivity index (χ2n) is 14.0. The summed E-state index contributed by atoms with van der Waals surface area (Å²) in [6, 6.07) is 51.6. The summed E-state index contributed by atoms with van der Waals surface area (Å²) in [4.78, 5) is 25.5. The Labute approximate surface area is 326 Å². The molecule has 1 aliphatic rings. The van der Waals surface area contributed by atoms with Crippen LogP contribution >= 0.6 is 11.3 Å². The summed E-state index contributed by atoms with van der Waals surface area (Å²) in [5.74, 6) is 2.74. The van der Waals surface area contributed by atoms with Crippen molar-refractivity contribution in [1.29, 1.82) is 0 Å². The molecule has 4 aromatic heterocycles. The van der Waals surface area contributed by atoms with E-state index in [2.05, 4.69) is 91.0 Å². The Balaban J connectivity index is 0.984. The number of fused-ring (bicyclic) bond motifs is 6. The molecular weight excluding hydrogens is 707 g/mol. The van der Waals surface area contributed by atoms with Crippen molar-refractivity contribution in [3.05, 3.63) is 181 Å². The molecule has 11 rings (SSSR count). The minimum absolute atomic E-state index is 0.0517. The average molecular weight is 738 g/mol. The number of hydrogen-bond acceptors (Lipinski definition) is 7. The topological polar surface area (TPSA) is 77.6 Å². The Morgan fingerprint density at radius 2 is 1.21 bits per heavy atom. The minimum Gasteiger partial charge on any atom is -0.456 e. The highest BCUT2D eigenvalue weighted by molar-refractivity contribution is 7.26. The van der Waals surface area contributed by atoms with Crippen molar-refractivity contribution in [2.75, 3.05) is 0 Å². The van der Waals surface area contributed by atoms with Gasteiger partial charge in [0.15, 0.2) is 17.5 Å². The molecule has 6 aromatic carbocycles. The van der Waals surface area contributed by atoms with Gasteiger partial charge in [-0.05, 0) is 41.8 Å². The summed E-state index contributed by atoms with van der Waals surface area (Å²) in [6.45, 7) is 0. The van der Waals surface area contributed by atoms with Gasteiger partial charge >= 0.3 is 0 Å². The fourth-order valence-corrected chi connectivity index (χ4v) is 8.87. The van der Waals surface area contributed by atoms with Crippen molar-refractivity contribution in [3.63, 3.8) is 0 Å². The molecule has 0 aliphatic heterocycles. The summed E-state index contributed by atoms with van der Waals surface area (Å²) in [6.07, 6.45) is 7.56. The molecule has 56 heavy (non-hydrogen) atoms. The van der Waals surface area contributed by atoms with E-state index in [1.165, 1.54) is 10.1 Å². The first-order chi connectivity index (χ1) is 27.7. The van der Waals surface area contributed by atoms with Crippen LogP contribution in [0.1, 0.15) is 23.7 Å². The molecule has 264 valence electrons. The molecule has 7 heteroatoms. The second kappa shape index (κ2) is 13.3. The zero-order valence-electron chi connectivity index (χ0n) is 30.0. The van der Waals surface area contributed by atoms with E-state index in [1.54, 1.807) is 11.3 Å². The van der Waals surface area contributed by atoms with E-state index in [1.807, 2.05) is 78.9 Å². The van der Waals surface area contributed by atoms with E-state index in [9.17, 15) is 0 Å². The van der Waals surface area contributed by atoms with Crippen molar-refractivity contribution in [2.24, 2.45) is 0 Å². The molecule has 0 bridgehead atoms. The summed E-state index contributed by atoms with van der Waals surface area (Å²) in [5.41, 5.74) is 9.74. The largest absolute Gasteiger partial charge is 0.456 e. The highest BCUT2D eigenvalue weighted by atomic mass is 32.1. The molecule has 0 saturated carbocycles. The molecule has 6 nitrogen and oxygen atoms in total. The first-order valence-corrected chi connectivity index (χ1v) is 19.5. The quantitative estimate of drug-likeness (QED) is 0.169. The Bertz CT molecular complexity index is 3110. The summed E-state index contributed by atoms with van der Waals surface area (Å²) < 4.78 is 8.79. The van der Waals surface area contributed by atoms with Crippen LogP contribution in [0.5, 0.6) is 0 Å². The molecule has 0 spiro atoms. The van der Waals surface area contributed by atoms with Gasteiger partial charge < -0.3 is 4.42 Å². The number of thiophene rings is 1. The smallest absolute Gasteiger partial charge is 0.164 e. The molecule has 0 saturated heterocycles. The lowest BCUT2D eigenvalue weighted by atomic mass is 9.91. The van der Waals surface area contributed by atoms with Crippen molar-refractivity contribution >= 4 is 59.2 Å². The Morgan fingerprint density at radius 1 is 0.536 bits per heavy atom. The van der Waals surface area contributed by atoms with Gasteiger partial charge in [0.25, 0.3) is 0 Å². The SMILES string of the molecule is C1=CC(c2nc(-c3ccccc3)c3sc4ccccc4c3n2)CC=C1c1ccc2oc3cccc(-c4nc(-c5ccccc5)nc(-c5ccccc5)n4)c3c2c1. The lowest BCUT2D eigenvalue weighted by Crippen LogP contribution is -2.05. The third-order valence-corrected chi connectivity index (χ3v) is 11.7. The van der Waals surface area contributed by atoms with Crippen LogP contribution in [0, 0.1) is 0 Å². The van der Waals surface area contributed by atoms with Crippen LogP contribution in [0.4, 0.5) is 0 Å². The number of benzene rings is 6. The van der Waals surface area contributed by atoms with E-state index in [0.29, 0.717) is 17.5 Å². The molecule has 10 aromatic rings. The van der Waals surface area contributed by atoms with Gasteiger partial charge in [-0.2, -0.15) is 0 Å². The molecule has 0 amide bonds.